The van der Waals surface area contributed by atoms with Crippen LogP contribution in [0.3, 0.4) is 0 Å². The second kappa shape index (κ2) is 6.66. The molecule has 2 aromatic carbocycles. The van der Waals surface area contributed by atoms with E-state index in [1.165, 1.54) is 24.3 Å². The Balaban J connectivity index is 2.06. The van der Waals surface area contributed by atoms with E-state index in [1.807, 2.05) is 0 Å². The van der Waals surface area contributed by atoms with Gasteiger partial charge in [0, 0.05) is 22.2 Å². The third kappa shape index (κ3) is 4.20. The van der Waals surface area contributed by atoms with Gasteiger partial charge >= 0.3 is 0 Å². The number of sulfonamides is 1. The van der Waals surface area contributed by atoms with E-state index in [4.69, 9.17) is 28.3 Å². The summed E-state index contributed by atoms with van der Waals surface area (Å²) >= 11 is 11.8. The van der Waals surface area contributed by atoms with E-state index in [-0.39, 0.29) is 17.3 Å². The maximum absolute atomic E-state index is 12.0. The summed E-state index contributed by atoms with van der Waals surface area (Å²) in [6.45, 7) is 0.228. The van der Waals surface area contributed by atoms with E-state index in [2.05, 4.69) is 5.32 Å². The molecule has 5 nitrogen and oxygen atoms in total. The predicted molar refractivity (Wildman–Crippen MR) is 85.4 cm³/mol. The average molecular weight is 359 g/mol. The number of hydrogen-bond donors (Lipinski definition) is 2. The molecular formula is C14H12Cl2N2O3S. The van der Waals surface area contributed by atoms with Crippen molar-refractivity contribution in [1.82, 2.24) is 5.32 Å². The molecule has 0 unspecified atom stereocenters. The molecule has 0 aliphatic rings. The second-order valence-electron chi connectivity index (χ2n) is 4.49. The van der Waals surface area contributed by atoms with Crippen LogP contribution in [0.15, 0.2) is 47.4 Å². The van der Waals surface area contributed by atoms with Crippen LogP contribution in [0.5, 0.6) is 0 Å². The summed E-state index contributed by atoms with van der Waals surface area (Å²) in [4.78, 5) is 11.9. The maximum atomic E-state index is 12.0. The molecule has 0 fully saturated rings. The van der Waals surface area contributed by atoms with E-state index in [1.54, 1.807) is 18.2 Å². The molecule has 0 spiro atoms. The van der Waals surface area contributed by atoms with E-state index in [9.17, 15) is 13.2 Å². The largest absolute Gasteiger partial charge is 0.348 e. The summed E-state index contributed by atoms with van der Waals surface area (Å²) in [5.41, 5.74) is 1.04. The van der Waals surface area contributed by atoms with Gasteiger partial charge in [-0.2, -0.15) is 0 Å². The number of amides is 1. The minimum Gasteiger partial charge on any atom is -0.348 e. The Hall–Kier alpha value is -1.60. The van der Waals surface area contributed by atoms with Gasteiger partial charge < -0.3 is 5.32 Å². The highest BCUT2D eigenvalue weighted by atomic mass is 35.5. The quantitative estimate of drug-likeness (QED) is 0.879. The van der Waals surface area contributed by atoms with Gasteiger partial charge in [-0.15, -0.1) is 0 Å². The minimum atomic E-state index is -3.77. The first kappa shape index (κ1) is 16.8. The van der Waals surface area contributed by atoms with Crippen LogP contribution >= 0.6 is 23.2 Å². The smallest absolute Gasteiger partial charge is 0.251 e. The molecule has 0 saturated carbocycles. The summed E-state index contributed by atoms with van der Waals surface area (Å²) in [7, 11) is -3.77. The number of benzene rings is 2. The number of nitrogens with one attached hydrogen (secondary N) is 1. The van der Waals surface area contributed by atoms with E-state index in [0.717, 1.165) is 5.56 Å². The molecule has 2 rings (SSSR count). The molecule has 116 valence electrons. The molecule has 0 aromatic heterocycles. The van der Waals surface area contributed by atoms with Crippen LogP contribution in [0.4, 0.5) is 0 Å². The summed E-state index contributed by atoms with van der Waals surface area (Å²) in [5, 5.41) is 8.65. The SMILES string of the molecule is NS(=O)(=O)c1ccc(C(=O)NCc2ccc(Cl)cc2Cl)cc1. The van der Waals surface area contributed by atoms with Crippen molar-refractivity contribution >= 4 is 39.1 Å². The van der Waals surface area contributed by atoms with Crippen molar-refractivity contribution < 1.29 is 13.2 Å². The lowest BCUT2D eigenvalue weighted by Crippen LogP contribution is -2.23. The number of carbonyl (C=O) groups is 1. The summed E-state index contributed by atoms with van der Waals surface area (Å²) in [6.07, 6.45) is 0. The van der Waals surface area contributed by atoms with Gasteiger partial charge in [-0.25, -0.2) is 13.6 Å². The average Bonchev–Trinajstić information content (AvgIpc) is 2.45. The van der Waals surface area contributed by atoms with Crippen molar-refractivity contribution in [2.45, 2.75) is 11.4 Å². The van der Waals surface area contributed by atoms with Gasteiger partial charge in [-0.1, -0.05) is 29.3 Å². The van der Waals surface area contributed by atoms with Gasteiger partial charge in [0.25, 0.3) is 5.91 Å². The fourth-order valence-corrected chi connectivity index (χ4v) is 2.73. The van der Waals surface area contributed by atoms with Crippen molar-refractivity contribution in [1.29, 1.82) is 0 Å². The highest BCUT2D eigenvalue weighted by molar-refractivity contribution is 7.89. The highest BCUT2D eigenvalue weighted by Gasteiger charge is 2.10. The number of rotatable bonds is 4. The number of hydrogen-bond acceptors (Lipinski definition) is 3. The minimum absolute atomic E-state index is 0.0511. The Morgan fingerprint density at radius 3 is 2.27 bits per heavy atom. The van der Waals surface area contributed by atoms with Crippen molar-refractivity contribution in [3.05, 3.63) is 63.6 Å². The van der Waals surface area contributed by atoms with Gasteiger partial charge in [-0.05, 0) is 42.0 Å². The van der Waals surface area contributed by atoms with Crippen molar-refractivity contribution in [2.24, 2.45) is 5.14 Å². The lowest BCUT2D eigenvalue weighted by Gasteiger charge is -2.08. The van der Waals surface area contributed by atoms with Crippen molar-refractivity contribution in [3.63, 3.8) is 0 Å². The summed E-state index contributed by atoms with van der Waals surface area (Å²) < 4.78 is 22.3. The number of carbonyl (C=O) groups excluding carboxylic acids is 1. The molecule has 0 radical (unpaired) electrons. The predicted octanol–water partition coefficient (Wildman–Crippen LogP) is 2.57. The van der Waals surface area contributed by atoms with Crippen molar-refractivity contribution in [2.75, 3.05) is 0 Å². The molecule has 3 N–H and O–H groups in total. The van der Waals surface area contributed by atoms with Crippen LogP contribution in [-0.4, -0.2) is 14.3 Å². The Bertz CT molecular complexity index is 805. The molecule has 0 bridgehead atoms. The Labute approximate surface area is 138 Å². The topological polar surface area (TPSA) is 89.3 Å². The van der Waals surface area contributed by atoms with E-state index in [0.29, 0.717) is 15.6 Å². The fraction of sp³-hybridized carbons (Fsp3) is 0.0714. The molecule has 8 heteroatoms. The molecule has 22 heavy (non-hydrogen) atoms. The molecule has 0 aliphatic heterocycles. The molecular weight excluding hydrogens is 347 g/mol. The Morgan fingerprint density at radius 2 is 1.73 bits per heavy atom. The van der Waals surface area contributed by atoms with Gasteiger partial charge in [0.05, 0.1) is 4.90 Å². The van der Waals surface area contributed by atoms with Crippen LogP contribution in [0.25, 0.3) is 0 Å². The molecule has 2 aromatic rings. The fourth-order valence-electron chi connectivity index (χ4n) is 1.74. The normalized spacial score (nSPS) is 11.2. The molecule has 0 aliphatic carbocycles. The molecule has 0 atom stereocenters. The number of halogens is 2. The number of primary sulfonamides is 1. The van der Waals surface area contributed by atoms with E-state index >= 15 is 0 Å². The summed E-state index contributed by atoms with van der Waals surface area (Å²) in [5.74, 6) is -0.355. The second-order valence-corrected chi connectivity index (χ2v) is 6.89. The van der Waals surface area contributed by atoms with Crippen LogP contribution in [0, 0.1) is 0 Å². The summed E-state index contributed by atoms with van der Waals surface area (Å²) in [6, 6.07) is 10.3. The lowest BCUT2D eigenvalue weighted by molar-refractivity contribution is 0.0951. The third-order valence-corrected chi connectivity index (χ3v) is 4.42. The van der Waals surface area contributed by atoms with Crippen LogP contribution in [0.2, 0.25) is 10.0 Å². The Kier molecular flexibility index (Phi) is 5.08. The highest BCUT2D eigenvalue weighted by Crippen LogP contribution is 2.20. The standard InChI is InChI=1S/C14H12Cl2N2O3S/c15-11-4-1-10(13(16)7-11)8-18-14(19)9-2-5-12(6-3-9)22(17,20)21/h1-7H,8H2,(H,18,19)(H2,17,20,21). The first-order valence-electron chi connectivity index (χ1n) is 6.12. The first-order chi connectivity index (χ1) is 10.3. The van der Waals surface area contributed by atoms with Gasteiger partial charge in [0.2, 0.25) is 10.0 Å². The molecule has 0 saturated heterocycles. The monoisotopic (exact) mass is 358 g/mol. The lowest BCUT2D eigenvalue weighted by atomic mass is 10.2. The number of nitrogens with two attached hydrogens (primary N) is 1. The van der Waals surface area contributed by atoms with Gasteiger partial charge in [-0.3, -0.25) is 4.79 Å². The van der Waals surface area contributed by atoms with Crippen LogP contribution in [-0.2, 0) is 16.6 Å². The zero-order valence-electron chi connectivity index (χ0n) is 11.2. The third-order valence-electron chi connectivity index (χ3n) is 2.90. The van der Waals surface area contributed by atoms with Gasteiger partial charge in [0.15, 0.2) is 0 Å². The van der Waals surface area contributed by atoms with Crippen molar-refractivity contribution in [3.8, 4) is 0 Å². The van der Waals surface area contributed by atoms with E-state index < -0.39 is 10.0 Å². The molecule has 1 amide bonds. The zero-order valence-corrected chi connectivity index (χ0v) is 13.5. The maximum Gasteiger partial charge on any atom is 0.251 e. The zero-order chi connectivity index (χ0) is 16.3. The van der Waals surface area contributed by atoms with Crippen LogP contribution in [0.1, 0.15) is 15.9 Å². The molecule has 0 heterocycles. The van der Waals surface area contributed by atoms with Crippen LogP contribution < -0.4 is 10.5 Å². The first-order valence-corrected chi connectivity index (χ1v) is 8.42. The Morgan fingerprint density at radius 1 is 1.09 bits per heavy atom. The van der Waals surface area contributed by atoms with Gasteiger partial charge in [0.1, 0.15) is 0 Å².